The first-order valence-electron chi connectivity index (χ1n) is 5.58. The van der Waals surface area contributed by atoms with Gasteiger partial charge in [0.1, 0.15) is 0 Å². The minimum atomic E-state index is 0. The number of aryl methyl sites for hydroxylation is 1. The summed E-state index contributed by atoms with van der Waals surface area (Å²) < 4.78 is 0. The second kappa shape index (κ2) is 10.2. The van der Waals surface area contributed by atoms with E-state index in [2.05, 4.69) is 43.3 Å². The van der Waals surface area contributed by atoms with Crippen LogP contribution in [0.25, 0.3) is 0 Å². The molecule has 0 aliphatic rings. The van der Waals surface area contributed by atoms with Crippen LogP contribution in [0.2, 0.25) is 0 Å². The summed E-state index contributed by atoms with van der Waals surface area (Å²) >= 11 is 5.63. The molecule has 84 valence electrons. The van der Waals surface area contributed by atoms with Crippen LogP contribution in [0.15, 0.2) is 42.0 Å². The Morgan fingerprint density at radius 1 is 1.25 bits per heavy atom. The zero-order chi connectivity index (χ0) is 10.9. The summed E-state index contributed by atoms with van der Waals surface area (Å²) in [5, 5.41) is 0. The van der Waals surface area contributed by atoms with Crippen molar-refractivity contribution < 1.29 is 0 Å². The molecule has 0 bridgehead atoms. The molecule has 0 saturated carbocycles. The Balaban J connectivity index is 0.00000225. The molecule has 0 unspecified atom stereocenters. The Morgan fingerprint density at radius 3 is 2.56 bits per heavy atom. The standard InChI is InChI=1S/C14H19Cl.Mg/c1-13(8-6-12-15)7-5-11-14-9-3-2-4-10-14;/h2-4,8-10H,5-7,11-12H2,1H3;. The largest absolute Gasteiger partial charge is 0.126 e. The van der Waals surface area contributed by atoms with Gasteiger partial charge in [0.05, 0.1) is 0 Å². The van der Waals surface area contributed by atoms with E-state index in [1.54, 1.807) is 0 Å². The second-order valence-corrected chi connectivity index (χ2v) is 4.25. The number of hydrogen-bond donors (Lipinski definition) is 0. The van der Waals surface area contributed by atoms with Gasteiger partial charge in [-0.25, -0.2) is 0 Å². The Hall–Kier alpha value is 0.0162. The molecular weight excluding hydrogens is 228 g/mol. The van der Waals surface area contributed by atoms with Crippen molar-refractivity contribution in [3.05, 3.63) is 47.5 Å². The van der Waals surface area contributed by atoms with Crippen LogP contribution in [-0.2, 0) is 6.42 Å². The van der Waals surface area contributed by atoms with Gasteiger partial charge in [-0.15, -0.1) is 11.6 Å². The van der Waals surface area contributed by atoms with Gasteiger partial charge < -0.3 is 0 Å². The number of hydrogen-bond acceptors (Lipinski definition) is 0. The lowest BCUT2D eigenvalue weighted by atomic mass is 10.0. The molecule has 0 spiro atoms. The molecule has 1 aromatic carbocycles. The number of benzene rings is 1. The van der Waals surface area contributed by atoms with Gasteiger partial charge in [0.25, 0.3) is 0 Å². The molecule has 0 nitrogen and oxygen atoms in total. The summed E-state index contributed by atoms with van der Waals surface area (Å²) in [6.07, 6.45) is 6.84. The topological polar surface area (TPSA) is 0 Å². The minimum Gasteiger partial charge on any atom is -0.126 e. The van der Waals surface area contributed by atoms with Crippen molar-refractivity contribution >= 4 is 34.7 Å². The number of halogens is 1. The first-order chi connectivity index (χ1) is 7.33. The maximum Gasteiger partial charge on any atom is 0.0258 e. The predicted molar refractivity (Wildman–Crippen MR) is 74.2 cm³/mol. The summed E-state index contributed by atoms with van der Waals surface area (Å²) in [6, 6.07) is 10.7. The lowest BCUT2D eigenvalue weighted by Crippen LogP contribution is -1.86. The molecule has 0 aliphatic carbocycles. The van der Waals surface area contributed by atoms with Gasteiger partial charge in [0.2, 0.25) is 0 Å². The van der Waals surface area contributed by atoms with Crippen molar-refractivity contribution in [2.45, 2.75) is 32.6 Å². The Labute approximate surface area is 120 Å². The van der Waals surface area contributed by atoms with Crippen LogP contribution in [0.5, 0.6) is 0 Å². The van der Waals surface area contributed by atoms with Crippen LogP contribution in [0, 0.1) is 0 Å². The van der Waals surface area contributed by atoms with Gasteiger partial charge in [-0.2, -0.15) is 0 Å². The van der Waals surface area contributed by atoms with E-state index in [1.807, 2.05) is 0 Å². The summed E-state index contributed by atoms with van der Waals surface area (Å²) in [5.41, 5.74) is 2.90. The van der Waals surface area contributed by atoms with Crippen LogP contribution in [0.3, 0.4) is 0 Å². The van der Waals surface area contributed by atoms with E-state index in [4.69, 9.17) is 11.6 Å². The maximum absolute atomic E-state index is 5.63. The van der Waals surface area contributed by atoms with Crippen molar-refractivity contribution in [2.75, 3.05) is 5.88 Å². The number of rotatable bonds is 6. The second-order valence-electron chi connectivity index (χ2n) is 3.87. The highest BCUT2D eigenvalue weighted by atomic mass is 35.5. The first-order valence-corrected chi connectivity index (χ1v) is 6.12. The third kappa shape index (κ3) is 7.32. The number of allylic oxidation sites excluding steroid dienone is 2. The summed E-state index contributed by atoms with van der Waals surface area (Å²) in [7, 11) is 0. The summed E-state index contributed by atoms with van der Waals surface area (Å²) in [6.45, 7) is 2.19. The van der Waals surface area contributed by atoms with Crippen LogP contribution >= 0.6 is 11.6 Å². The van der Waals surface area contributed by atoms with Crippen molar-refractivity contribution in [2.24, 2.45) is 0 Å². The van der Waals surface area contributed by atoms with Gasteiger partial charge in [-0.1, -0.05) is 42.0 Å². The molecule has 1 rings (SSSR count). The Morgan fingerprint density at radius 2 is 1.94 bits per heavy atom. The van der Waals surface area contributed by atoms with Gasteiger partial charge >= 0.3 is 0 Å². The van der Waals surface area contributed by atoms with Gasteiger partial charge in [0, 0.05) is 28.9 Å². The quantitative estimate of drug-likeness (QED) is 0.401. The maximum atomic E-state index is 5.63. The molecular formula is C14H19ClMg. The number of alkyl halides is 1. The monoisotopic (exact) mass is 246 g/mol. The van der Waals surface area contributed by atoms with E-state index in [1.165, 1.54) is 30.4 Å². The molecule has 2 radical (unpaired) electrons. The summed E-state index contributed by atoms with van der Waals surface area (Å²) in [4.78, 5) is 0. The van der Waals surface area contributed by atoms with Crippen molar-refractivity contribution in [1.29, 1.82) is 0 Å². The molecule has 1 aromatic rings. The highest BCUT2D eigenvalue weighted by Crippen LogP contribution is 2.10. The molecule has 0 saturated heterocycles. The fraction of sp³-hybridized carbons (Fsp3) is 0.429. The molecule has 0 N–H and O–H groups in total. The van der Waals surface area contributed by atoms with Crippen LogP contribution in [0.1, 0.15) is 31.7 Å². The third-order valence-electron chi connectivity index (χ3n) is 2.48. The van der Waals surface area contributed by atoms with Crippen molar-refractivity contribution in [1.82, 2.24) is 0 Å². The summed E-state index contributed by atoms with van der Waals surface area (Å²) in [5.74, 6) is 0.732. The highest BCUT2D eigenvalue weighted by molar-refractivity contribution is 6.17. The van der Waals surface area contributed by atoms with Gasteiger partial charge in [-0.3, -0.25) is 0 Å². The van der Waals surface area contributed by atoms with E-state index < -0.39 is 0 Å². The van der Waals surface area contributed by atoms with E-state index >= 15 is 0 Å². The molecule has 2 heteroatoms. The zero-order valence-corrected chi connectivity index (χ0v) is 12.3. The lowest BCUT2D eigenvalue weighted by Gasteiger charge is -2.02. The molecule has 0 heterocycles. The van der Waals surface area contributed by atoms with E-state index in [0.29, 0.717) is 0 Å². The van der Waals surface area contributed by atoms with E-state index in [9.17, 15) is 0 Å². The lowest BCUT2D eigenvalue weighted by molar-refractivity contribution is 0.807. The average molecular weight is 247 g/mol. The Kier molecular flexibility index (Phi) is 10.2. The molecule has 0 amide bonds. The molecule has 0 aliphatic heterocycles. The highest BCUT2D eigenvalue weighted by Gasteiger charge is 1.93. The molecule has 0 fully saturated rings. The van der Waals surface area contributed by atoms with Crippen LogP contribution in [-0.4, -0.2) is 28.9 Å². The molecule has 0 atom stereocenters. The van der Waals surface area contributed by atoms with E-state index in [0.717, 1.165) is 12.3 Å². The van der Waals surface area contributed by atoms with E-state index in [-0.39, 0.29) is 23.1 Å². The Bertz CT molecular complexity index is 293. The predicted octanol–water partition coefficient (Wildman–Crippen LogP) is 4.20. The third-order valence-corrected chi connectivity index (χ3v) is 2.70. The molecule has 0 aromatic heterocycles. The smallest absolute Gasteiger partial charge is 0.0258 e. The fourth-order valence-corrected chi connectivity index (χ4v) is 1.73. The first kappa shape index (κ1) is 16.0. The normalized spacial score (nSPS) is 11.0. The minimum absolute atomic E-state index is 0. The van der Waals surface area contributed by atoms with Crippen molar-refractivity contribution in [3.8, 4) is 0 Å². The van der Waals surface area contributed by atoms with Gasteiger partial charge in [-0.05, 0) is 38.2 Å². The SMILES string of the molecule is CC(=CCCCl)CCCc1ccccc1.[Mg]. The van der Waals surface area contributed by atoms with Crippen LogP contribution in [0.4, 0.5) is 0 Å². The average Bonchev–Trinajstić information content (AvgIpc) is 2.28. The van der Waals surface area contributed by atoms with Crippen LogP contribution < -0.4 is 0 Å². The molecule has 16 heavy (non-hydrogen) atoms. The fourth-order valence-electron chi connectivity index (χ4n) is 1.62. The van der Waals surface area contributed by atoms with Crippen molar-refractivity contribution in [3.63, 3.8) is 0 Å². The van der Waals surface area contributed by atoms with Gasteiger partial charge in [0.15, 0.2) is 0 Å². The zero-order valence-electron chi connectivity index (χ0n) is 10.1.